The van der Waals surface area contributed by atoms with Gasteiger partial charge in [-0.3, -0.25) is 0 Å². The second-order valence-electron chi connectivity index (χ2n) is 4.78. The highest BCUT2D eigenvalue weighted by Gasteiger charge is 2.32. The van der Waals surface area contributed by atoms with Gasteiger partial charge in [-0.1, -0.05) is 20.3 Å². The largest absolute Gasteiger partial charge is 0.416 e. The third-order valence-electron chi connectivity index (χ3n) is 3.53. The third kappa shape index (κ3) is 2.54. The Bertz CT molecular complexity index is 429. The maximum atomic E-state index is 12.6. The van der Waals surface area contributed by atoms with E-state index in [0.717, 1.165) is 24.2 Å². The molecule has 0 spiro atoms. The van der Waals surface area contributed by atoms with Crippen LogP contribution in [-0.2, 0) is 6.18 Å². The Morgan fingerprint density at radius 3 is 2.67 bits per heavy atom. The first-order chi connectivity index (χ1) is 8.41. The number of alkyl halides is 3. The fourth-order valence-electron chi connectivity index (χ4n) is 2.09. The number of fused-ring (bicyclic) bond motifs is 1. The van der Waals surface area contributed by atoms with Crippen LogP contribution in [0.3, 0.4) is 0 Å². The van der Waals surface area contributed by atoms with Crippen LogP contribution in [0.2, 0.25) is 0 Å². The van der Waals surface area contributed by atoms with Crippen molar-refractivity contribution in [1.82, 2.24) is 0 Å². The Labute approximate surface area is 105 Å². The number of benzene rings is 1. The van der Waals surface area contributed by atoms with E-state index in [0.29, 0.717) is 18.2 Å². The lowest BCUT2D eigenvalue weighted by Gasteiger charge is -2.32. The molecule has 1 aromatic carbocycles. The summed E-state index contributed by atoms with van der Waals surface area (Å²) in [4.78, 5) is 0. The summed E-state index contributed by atoms with van der Waals surface area (Å²) in [5, 5.41) is 6.37. The van der Waals surface area contributed by atoms with Crippen molar-refractivity contribution >= 4 is 11.4 Å². The molecule has 0 saturated carbocycles. The minimum atomic E-state index is -4.29. The van der Waals surface area contributed by atoms with Crippen molar-refractivity contribution in [2.24, 2.45) is 5.92 Å². The molecule has 0 aromatic heterocycles. The summed E-state index contributed by atoms with van der Waals surface area (Å²) in [6, 6.07) is 4.04. The first-order valence-electron chi connectivity index (χ1n) is 6.13. The van der Waals surface area contributed by atoms with Crippen LogP contribution >= 0.6 is 0 Å². The highest BCUT2D eigenvalue weighted by molar-refractivity contribution is 5.72. The summed E-state index contributed by atoms with van der Waals surface area (Å²) in [7, 11) is 0. The molecule has 0 amide bonds. The molecule has 1 aromatic rings. The smallest absolute Gasteiger partial charge is 0.381 e. The lowest BCUT2D eigenvalue weighted by atomic mass is 9.96. The zero-order valence-corrected chi connectivity index (χ0v) is 10.4. The van der Waals surface area contributed by atoms with E-state index in [2.05, 4.69) is 24.5 Å². The Balaban J connectivity index is 2.21. The zero-order valence-electron chi connectivity index (χ0n) is 10.4. The van der Waals surface area contributed by atoms with Crippen LogP contribution in [0.1, 0.15) is 25.8 Å². The van der Waals surface area contributed by atoms with Gasteiger partial charge in [-0.05, 0) is 24.1 Å². The van der Waals surface area contributed by atoms with Crippen molar-refractivity contribution in [1.29, 1.82) is 0 Å². The molecule has 2 unspecified atom stereocenters. The second kappa shape index (κ2) is 4.71. The molecule has 0 aliphatic carbocycles. The van der Waals surface area contributed by atoms with Crippen LogP contribution in [0.15, 0.2) is 18.2 Å². The van der Waals surface area contributed by atoms with Gasteiger partial charge in [0.15, 0.2) is 0 Å². The van der Waals surface area contributed by atoms with Crippen LogP contribution in [0.5, 0.6) is 0 Å². The minimum Gasteiger partial charge on any atom is -0.381 e. The molecule has 1 heterocycles. The molecule has 5 heteroatoms. The highest BCUT2D eigenvalue weighted by atomic mass is 19.4. The summed E-state index contributed by atoms with van der Waals surface area (Å²) in [5.41, 5.74) is 0.668. The lowest BCUT2D eigenvalue weighted by molar-refractivity contribution is -0.137. The van der Waals surface area contributed by atoms with Crippen LogP contribution in [0.4, 0.5) is 24.5 Å². The number of nitrogens with one attached hydrogen (secondary N) is 2. The van der Waals surface area contributed by atoms with E-state index < -0.39 is 11.7 Å². The number of rotatable bonds is 2. The van der Waals surface area contributed by atoms with Crippen molar-refractivity contribution < 1.29 is 13.2 Å². The molecule has 2 rings (SSSR count). The van der Waals surface area contributed by atoms with Gasteiger partial charge >= 0.3 is 6.18 Å². The van der Waals surface area contributed by atoms with E-state index in [4.69, 9.17) is 0 Å². The molecular formula is C13H17F3N2. The Hall–Kier alpha value is -1.39. The molecule has 1 aliphatic heterocycles. The van der Waals surface area contributed by atoms with Crippen molar-refractivity contribution in [3.63, 3.8) is 0 Å². The highest BCUT2D eigenvalue weighted by Crippen LogP contribution is 2.36. The van der Waals surface area contributed by atoms with Crippen LogP contribution in [-0.4, -0.2) is 12.6 Å². The van der Waals surface area contributed by atoms with Gasteiger partial charge in [0.1, 0.15) is 0 Å². The first kappa shape index (κ1) is 13.1. The van der Waals surface area contributed by atoms with Crippen molar-refractivity contribution in [3.05, 3.63) is 23.8 Å². The summed E-state index contributed by atoms with van der Waals surface area (Å²) in [6.07, 6.45) is -3.25. The molecule has 2 atom stereocenters. The van der Waals surface area contributed by atoms with Gasteiger partial charge in [0.25, 0.3) is 0 Å². The molecule has 0 fully saturated rings. The Kier molecular flexibility index (Phi) is 3.41. The van der Waals surface area contributed by atoms with Gasteiger partial charge in [-0.15, -0.1) is 0 Å². The standard InChI is InChI=1S/C13H17F3N2/c1-3-8(2)12-7-17-11-6-9(13(14,15)16)4-5-10(11)18-12/h4-6,8,12,17-18H,3,7H2,1-2H3. The second-order valence-corrected chi connectivity index (χ2v) is 4.78. The average Bonchev–Trinajstić information content (AvgIpc) is 2.35. The average molecular weight is 258 g/mol. The summed E-state index contributed by atoms with van der Waals surface area (Å²) in [5.74, 6) is 0.480. The predicted molar refractivity (Wildman–Crippen MR) is 66.8 cm³/mol. The Morgan fingerprint density at radius 1 is 1.33 bits per heavy atom. The number of hydrogen-bond donors (Lipinski definition) is 2. The van der Waals surface area contributed by atoms with E-state index >= 15 is 0 Å². The molecule has 18 heavy (non-hydrogen) atoms. The van der Waals surface area contributed by atoms with Crippen LogP contribution in [0.25, 0.3) is 0 Å². The first-order valence-corrected chi connectivity index (χ1v) is 6.13. The topological polar surface area (TPSA) is 24.1 Å². The van der Waals surface area contributed by atoms with Crippen LogP contribution in [0, 0.1) is 5.92 Å². The van der Waals surface area contributed by atoms with Gasteiger partial charge in [0.05, 0.1) is 16.9 Å². The monoisotopic (exact) mass is 258 g/mol. The van der Waals surface area contributed by atoms with Gasteiger partial charge < -0.3 is 10.6 Å². The summed E-state index contributed by atoms with van der Waals surface area (Å²) < 4.78 is 37.7. The lowest BCUT2D eigenvalue weighted by Crippen LogP contribution is -2.38. The number of halogens is 3. The van der Waals surface area contributed by atoms with Gasteiger partial charge in [-0.2, -0.15) is 13.2 Å². The Morgan fingerprint density at radius 2 is 2.06 bits per heavy atom. The zero-order chi connectivity index (χ0) is 13.3. The van der Waals surface area contributed by atoms with E-state index in [1.807, 2.05) is 0 Å². The van der Waals surface area contributed by atoms with E-state index in [-0.39, 0.29) is 6.04 Å². The predicted octanol–water partition coefficient (Wildman–Crippen LogP) is 3.96. The quantitative estimate of drug-likeness (QED) is 0.839. The van der Waals surface area contributed by atoms with Gasteiger partial charge in [0.2, 0.25) is 0 Å². The maximum absolute atomic E-state index is 12.6. The molecule has 0 saturated heterocycles. The molecule has 2 nitrogen and oxygen atoms in total. The fraction of sp³-hybridized carbons (Fsp3) is 0.538. The van der Waals surface area contributed by atoms with Gasteiger partial charge in [0, 0.05) is 12.6 Å². The normalized spacial score (nSPS) is 20.6. The van der Waals surface area contributed by atoms with Crippen molar-refractivity contribution in [3.8, 4) is 0 Å². The molecule has 1 aliphatic rings. The minimum absolute atomic E-state index is 0.263. The maximum Gasteiger partial charge on any atom is 0.416 e. The van der Waals surface area contributed by atoms with Crippen molar-refractivity contribution in [2.45, 2.75) is 32.5 Å². The van der Waals surface area contributed by atoms with Crippen molar-refractivity contribution in [2.75, 3.05) is 17.2 Å². The van der Waals surface area contributed by atoms with Gasteiger partial charge in [-0.25, -0.2) is 0 Å². The summed E-state index contributed by atoms with van der Waals surface area (Å²) >= 11 is 0. The molecular weight excluding hydrogens is 241 g/mol. The third-order valence-corrected chi connectivity index (χ3v) is 3.53. The molecule has 0 radical (unpaired) electrons. The number of anilines is 2. The fourth-order valence-corrected chi connectivity index (χ4v) is 2.09. The SMILES string of the molecule is CCC(C)C1CNc2cc(C(F)(F)F)ccc2N1. The number of hydrogen-bond acceptors (Lipinski definition) is 2. The van der Waals surface area contributed by atoms with Crippen LogP contribution < -0.4 is 10.6 Å². The van der Waals surface area contributed by atoms with E-state index in [9.17, 15) is 13.2 Å². The molecule has 0 bridgehead atoms. The molecule has 100 valence electrons. The molecule has 2 N–H and O–H groups in total. The van der Waals surface area contributed by atoms with E-state index in [1.54, 1.807) is 0 Å². The van der Waals surface area contributed by atoms with E-state index in [1.165, 1.54) is 6.07 Å². The summed E-state index contributed by atoms with van der Waals surface area (Å²) in [6.45, 7) is 4.90.